The lowest BCUT2D eigenvalue weighted by Crippen LogP contribution is -2.09. The van der Waals surface area contributed by atoms with Crippen molar-refractivity contribution in [2.24, 2.45) is 0 Å². The fourth-order valence-corrected chi connectivity index (χ4v) is 4.58. The Kier molecular flexibility index (Phi) is 4.78. The maximum Gasteiger partial charge on any atom is 0.294 e. The molecule has 5 rings (SSSR count). The number of aromatic nitrogens is 2. The van der Waals surface area contributed by atoms with E-state index in [4.69, 9.17) is 5.26 Å². The summed E-state index contributed by atoms with van der Waals surface area (Å²) in [6, 6.07) is 11.6. The van der Waals surface area contributed by atoms with Crippen molar-refractivity contribution in [2.45, 2.75) is 9.79 Å². The van der Waals surface area contributed by atoms with Crippen LogP contribution in [0.25, 0.3) is 43.6 Å². The van der Waals surface area contributed by atoms with Crippen LogP contribution in [0.3, 0.4) is 0 Å². The Morgan fingerprint density at radius 2 is 1.28 bits per heavy atom. The molecule has 162 valence electrons. The van der Waals surface area contributed by atoms with E-state index in [2.05, 4.69) is 19.3 Å². The van der Waals surface area contributed by atoms with Crippen molar-refractivity contribution in [1.29, 1.82) is 0 Å². The van der Waals surface area contributed by atoms with Gasteiger partial charge in [0, 0.05) is 37.5 Å². The number of hydrogen-bond acceptors (Lipinski definition) is 8. The Morgan fingerprint density at radius 3 is 1.84 bits per heavy atom. The van der Waals surface area contributed by atoms with Crippen molar-refractivity contribution in [2.75, 3.05) is 0 Å². The van der Waals surface area contributed by atoms with E-state index in [0.29, 0.717) is 37.7 Å². The molecular formula is C20H12N2O8S2. The number of nitrogens with one attached hydrogen (secondary N) is 2. The van der Waals surface area contributed by atoms with Crippen LogP contribution in [0, 0.1) is 0 Å². The zero-order valence-electron chi connectivity index (χ0n) is 15.8. The van der Waals surface area contributed by atoms with Crippen LogP contribution in [0.2, 0.25) is 0 Å². The standard InChI is InChI=1S/C20H12N2O8S2/c23-19-11-5-9(31-30-29-25)1-3-15(11)21-17-8-14-18(7-13(17)19)22-16-4-2-10(32(26,27)28)6-12(16)20(14)24/h1-8,25H,(H,21,23)(H,22,24)(H,26,27,28). The Labute approximate surface area is 182 Å². The number of rotatable bonds is 4. The van der Waals surface area contributed by atoms with Gasteiger partial charge in [-0.15, -0.1) is 4.33 Å². The van der Waals surface area contributed by atoms with Crippen LogP contribution >= 0.6 is 12.0 Å². The summed E-state index contributed by atoms with van der Waals surface area (Å²) in [6.45, 7) is 0. The van der Waals surface area contributed by atoms with Gasteiger partial charge in [0.15, 0.2) is 10.9 Å². The molecule has 12 heteroatoms. The molecule has 2 aromatic heterocycles. The second-order valence-electron chi connectivity index (χ2n) is 6.97. The first kappa shape index (κ1) is 20.6. The number of H-pyrrole nitrogens is 2. The highest BCUT2D eigenvalue weighted by Crippen LogP contribution is 2.26. The maximum atomic E-state index is 13.1. The summed E-state index contributed by atoms with van der Waals surface area (Å²) in [6.07, 6.45) is 0. The highest BCUT2D eigenvalue weighted by molar-refractivity contribution is 7.94. The van der Waals surface area contributed by atoms with Gasteiger partial charge in [0.25, 0.3) is 10.1 Å². The molecule has 3 aromatic carbocycles. The fourth-order valence-electron chi connectivity index (χ4n) is 3.67. The van der Waals surface area contributed by atoms with Crippen molar-refractivity contribution < 1.29 is 27.6 Å². The molecule has 0 radical (unpaired) electrons. The van der Waals surface area contributed by atoms with Crippen molar-refractivity contribution in [3.05, 3.63) is 69.0 Å². The highest BCUT2D eigenvalue weighted by Gasteiger charge is 2.15. The monoisotopic (exact) mass is 472 g/mol. The summed E-state index contributed by atoms with van der Waals surface area (Å²) in [5.41, 5.74) is 0.942. The summed E-state index contributed by atoms with van der Waals surface area (Å²) >= 11 is 0.725. The number of aromatic amines is 2. The molecule has 5 aromatic rings. The van der Waals surface area contributed by atoms with Crippen LogP contribution < -0.4 is 10.9 Å². The van der Waals surface area contributed by atoms with E-state index in [0.717, 1.165) is 18.1 Å². The largest absolute Gasteiger partial charge is 0.354 e. The summed E-state index contributed by atoms with van der Waals surface area (Å²) in [4.78, 5) is 32.5. The van der Waals surface area contributed by atoms with Crippen molar-refractivity contribution in [1.82, 2.24) is 9.97 Å². The van der Waals surface area contributed by atoms with E-state index in [9.17, 15) is 22.6 Å². The average Bonchev–Trinajstić information content (AvgIpc) is 2.77. The van der Waals surface area contributed by atoms with Crippen LogP contribution in [0.4, 0.5) is 0 Å². The molecule has 0 fully saturated rings. The molecule has 4 N–H and O–H groups in total. The quantitative estimate of drug-likeness (QED) is 0.101. The van der Waals surface area contributed by atoms with Gasteiger partial charge in [0.05, 0.1) is 28.0 Å². The van der Waals surface area contributed by atoms with Gasteiger partial charge in [0.1, 0.15) is 0 Å². The van der Waals surface area contributed by atoms with Gasteiger partial charge in [-0.05, 0) is 48.5 Å². The van der Waals surface area contributed by atoms with E-state index >= 15 is 0 Å². The van der Waals surface area contributed by atoms with Crippen molar-refractivity contribution in [3.63, 3.8) is 0 Å². The maximum absolute atomic E-state index is 13.1. The predicted molar refractivity (Wildman–Crippen MR) is 118 cm³/mol. The zero-order valence-corrected chi connectivity index (χ0v) is 17.4. The minimum absolute atomic E-state index is 0.0860. The van der Waals surface area contributed by atoms with Gasteiger partial charge in [-0.2, -0.15) is 8.42 Å². The first-order chi connectivity index (χ1) is 15.3. The molecule has 0 spiro atoms. The number of pyridine rings is 2. The summed E-state index contributed by atoms with van der Waals surface area (Å²) in [5, 5.41) is 12.9. The van der Waals surface area contributed by atoms with Gasteiger partial charge in [-0.25, -0.2) is 5.26 Å². The van der Waals surface area contributed by atoms with E-state index in [1.54, 1.807) is 24.3 Å². The Morgan fingerprint density at radius 1 is 0.750 bits per heavy atom. The molecule has 0 aliphatic heterocycles. The van der Waals surface area contributed by atoms with Crippen molar-refractivity contribution >= 4 is 65.8 Å². The van der Waals surface area contributed by atoms with E-state index < -0.39 is 15.5 Å². The first-order valence-corrected chi connectivity index (χ1v) is 11.2. The SMILES string of the molecule is O=c1c2cc(SOOO)ccc2[nH]c2cc3c(=O)c4cc(S(=O)(=O)O)ccc4[nH]c3cc12. The second-order valence-corrected chi connectivity index (χ2v) is 9.16. The molecule has 0 saturated carbocycles. The number of fused-ring (bicyclic) bond motifs is 4. The van der Waals surface area contributed by atoms with Gasteiger partial charge in [0.2, 0.25) is 0 Å². The van der Waals surface area contributed by atoms with Crippen LogP contribution in [0.15, 0.2) is 67.9 Å². The minimum Gasteiger partial charge on any atom is -0.354 e. The van der Waals surface area contributed by atoms with Crippen LogP contribution in [0.5, 0.6) is 0 Å². The third-order valence-electron chi connectivity index (χ3n) is 5.12. The second kappa shape index (κ2) is 7.41. The molecule has 0 amide bonds. The molecule has 0 atom stereocenters. The van der Waals surface area contributed by atoms with E-state index in [-0.39, 0.29) is 21.1 Å². The lowest BCUT2D eigenvalue weighted by Gasteiger charge is -2.08. The minimum atomic E-state index is -4.47. The fraction of sp³-hybridized carbons (Fsp3) is 0. The molecule has 2 heterocycles. The summed E-state index contributed by atoms with van der Waals surface area (Å²) < 4.78 is 36.6. The lowest BCUT2D eigenvalue weighted by molar-refractivity contribution is -0.432. The third kappa shape index (κ3) is 3.35. The number of benzene rings is 3. The van der Waals surface area contributed by atoms with E-state index in [1.165, 1.54) is 18.2 Å². The van der Waals surface area contributed by atoms with Crippen LogP contribution in [-0.4, -0.2) is 28.2 Å². The summed E-state index contributed by atoms with van der Waals surface area (Å²) in [7, 11) is -4.47. The first-order valence-electron chi connectivity index (χ1n) is 8.98. The van der Waals surface area contributed by atoms with Gasteiger partial charge >= 0.3 is 0 Å². The number of hydrogen-bond donors (Lipinski definition) is 4. The average molecular weight is 472 g/mol. The highest BCUT2D eigenvalue weighted by atomic mass is 32.2. The zero-order chi connectivity index (χ0) is 22.6. The Hall–Kier alpha value is -3.26. The molecule has 32 heavy (non-hydrogen) atoms. The van der Waals surface area contributed by atoms with Crippen molar-refractivity contribution in [3.8, 4) is 0 Å². The normalized spacial score (nSPS) is 12.3. The third-order valence-corrected chi connectivity index (χ3v) is 6.54. The van der Waals surface area contributed by atoms with Gasteiger partial charge in [-0.1, -0.05) is 5.04 Å². The van der Waals surface area contributed by atoms with Gasteiger partial charge < -0.3 is 9.97 Å². The molecular weight excluding hydrogens is 460 g/mol. The Balaban J connectivity index is 1.81. The van der Waals surface area contributed by atoms with Crippen LogP contribution in [0.1, 0.15) is 0 Å². The lowest BCUT2D eigenvalue weighted by atomic mass is 10.1. The molecule has 0 aliphatic carbocycles. The Bertz CT molecular complexity index is 1790. The predicted octanol–water partition coefficient (Wildman–Crippen LogP) is 3.35. The molecule has 0 unspecified atom stereocenters. The smallest absolute Gasteiger partial charge is 0.294 e. The molecule has 10 nitrogen and oxygen atoms in total. The van der Waals surface area contributed by atoms with Gasteiger partial charge in [-0.3, -0.25) is 14.1 Å². The molecule has 0 aliphatic rings. The van der Waals surface area contributed by atoms with E-state index in [1.807, 2.05) is 0 Å². The topological polar surface area (TPSA) is 159 Å². The summed E-state index contributed by atoms with van der Waals surface area (Å²) in [5.74, 6) is 0. The van der Waals surface area contributed by atoms with Crippen LogP contribution in [-0.2, 0) is 19.5 Å². The molecule has 0 bridgehead atoms. The molecule has 0 saturated heterocycles.